The highest BCUT2D eigenvalue weighted by Gasteiger charge is 2.28. The van der Waals surface area contributed by atoms with Crippen LogP contribution in [0.4, 0.5) is 0 Å². The maximum Gasteiger partial charge on any atom is 0.237 e. The average molecular weight is 252 g/mol. The van der Waals surface area contributed by atoms with Crippen LogP contribution in [0.2, 0.25) is 0 Å². The van der Waals surface area contributed by atoms with E-state index in [1.54, 1.807) is 0 Å². The van der Waals surface area contributed by atoms with Crippen molar-refractivity contribution in [1.82, 2.24) is 10.6 Å². The molecular weight excluding hydrogens is 224 g/mol. The van der Waals surface area contributed by atoms with Crippen LogP contribution >= 0.6 is 0 Å². The van der Waals surface area contributed by atoms with Crippen molar-refractivity contribution in [2.75, 3.05) is 6.54 Å². The largest absolute Gasteiger partial charge is 0.355 e. The van der Waals surface area contributed by atoms with E-state index in [2.05, 4.69) is 24.5 Å². The Bertz CT molecular complexity index is 278. The van der Waals surface area contributed by atoms with E-state index in [-0.39, 0.29) is 11.9 Å². The molecule has 0 bridgehead atoms. The first-order chi connectivity index (χ1) is 8.65. The van der Waals surface area contributed by atoms with Crippen molar-refractivity contribution in [3.05, 3.63) is 0 Å². The lowest BCUT2D eigenvalue weighted by atomic mass is 9.80. The molecule has 1 aliphatic heterocycles. The fraction of sp³-hybridized carbons (Fsp3) is 0.933. The maximum atomic E-state index is 11.8. The third-order valence-corrected chi connectivity index (χ3v) is 4.31. The molecule has 3 nitrogen and oxygen atoms in total. The zero-order valence-electron chi connectivity index (χ0n) is 11.9. The predicted molar refractivity (Wildman–Crippen MR) is 74.4 cm³/mol. The van der Waals surface area contributed by atoms with E-state index in [0.29, 0.717) is 6.04 Å². The van der Waals surface area contributed by atoms with Gasteiger partial charge in [0.05, 0.1) is 6.04 Å². The minimum Gasteiger partial charge on any atom is -0.355 e. The summed E-state index contributed by atoms with van der Waals surface area (Å²) in [5.41, 5.74) is 0. The fourth-order valence-corrected chi connectivity index (χ4v) is 3.54. The first-order valence-corrected chi connectivity index (χ1v) is 7.69. The molecule has 104 valence electrons. The lowest BCUT2D eigenvalue weighted by Gasteiger charge is -2.34. The zero-order chi connectivity index (χ0) is 13.0. The van der Waals surface area contributed by atoms with Gasteiger partial charge < -0.3 is 10.6 Å². The van der Waals surface area contributed by atoms with Crippen LogP contribution in [-0.4, -0.2) is 24.5 Å². The minimum atomic E-state index is 0.0709. The van der Waals surface area contributed by atoms with E-state index in [9.17, 15) is 4.79 Å². The van der Waals surface area contributed by atoms with Gasteiger partial charge in [0.2, 0.25) is 5.91 Å². The van der Waals surface area contributed by atoms with E-state index in [4.69, 9.17) is 0 Å². The molecule has 1 heterocycles. The van der Waals surface area contributed by atoms with Crippen molar-refractivity contribution < 1.29 is 4.79 Å². The Morgan fingerprint density at radius 3 is 2.83 bits per heavy atom. The molecule has 18 heavy (non-hydrogen) atoms. The van der Waals surface area contributed by atoms with Gasteiger partial charge >= 0.3 is 0 Å². The van der Waals surface area contributed by atoms with Crippen LogP contribution in [-0.2, 0) is 4.79 Å². The molecule has 2 rings (SSSR count). The second kappa shape index (κ2) is 6.55. The number of amides is 1. The van der Waals surface area contributed by atoms with Gasteiger partial charge in [-0.05, 0) is 43.9 Å². The first-order valence-electron chi connectivity index (χ1n) is 7.69. The standard InChI is InChI=1S/C15H28N2O/c1-11(2)9-12-5-3-6-13(10-12)17-14-7-4-8-16-15(14)18/h11-14,17H,3-10H2,1-2H3,(H,16,18). The molecule has 0 aromatic carbocycles. The normalized spacial score (nSPS) is 33.5. The van der Waals surface area contributed by atoms with E-state index in [0.717, 1.165) is 31.2 Å². The number of hydrogen-bond donors (Lipinski definition) is 2. The van der Waals surface area contributed by atoms with Gasteiger partial charge in [0.15, 0.2) is 0 Å². The first kappa shape index (κ1) is 13.9. The molecule has 3 unspecified atom stereocenters. The molecule has 1 saturated carbocycles. The topological polar surface area (TPSA) is 41.1 Å². The van der Waals surface area contributed by atoms with Crippen LogP contribution in [0.25, 0.3) is 0 Å². The van der Waals surface area contributed by atoms with Gasteiger partial charge in [0.25, 0.3) is 0 Å². The summed E-state index contributed by atoms with van der Waals surface area (Å²) in [5, 5.41) is 6.56. The predicted octanol–water partition coefficient (Wildman–Crippen LogP) is 2.46. The van der Waals surface area contributed by atoms with Crippen molar-refractivity contribution in [2.45, 2.75) is 70.9 Å². The van der Waals surface area contributed by atoms with Crippen molar-refractivity contribution in [1.29, 1.82) is 0 Å². The second-order valence-corrected chi connectivity index (χ2v) is 6.51. The van der Waals surface area contributed by atoms with E-state index >= 15 is 0 Å². The number of carbonyl (C=O) groups is 1. The summed E-state index contributed by atoms with van der Waals surface area (Å²) in [6.07, 6.45) is 8.69. The van der Waals surface area contributed by atoms with E-state index in [1.807, 2.05) is 0 Å². The van der Waals surface area contributed by atoms with Gasteiger partial charge in [-0.3, -0.25) is 4.79 Å². The Morgan fingerprint density at radius 1 is 1.28 bits per heavy atom. The molecule has 2 N–H and O–H groups in total. The lowest BCUT2D eigenvalue weighted by Crippen LogP contribution is -2.52. The minimum absolute atomic E-state index is 0.0709. The van der Waals surface area contributed by atoms with Gasteiger partial charge in [-0.15, -0.1) is 0 Å². The highest BCUT2D eigenvalue weighted by atomic mass is 16.2. The van der Waals surface area contributed by atoms with Crippen molar-refractivity contribution in [2.24, 2.45) is 11.8 Å². The van der Waals surface area contributed by atoms with Crippen LogP contribution in [0.1, 0.15) is 58.8 Å². The third-order valence-electron chi connectivity index (χ3n) is 4.31. The van der Waals surface area contributed by atoms with Crippen molar-refractivity contribution in [3.63, 3.8) is 0 Å². The summed E-state index contributed by atoms with van der Waals surface area (Å²) in [7, 11) is 0. The van der Waals surface area contributed by atoms with Gasteiger partial charge in [0, 0.05) is 12.6 Å². The Hall–Kier alpha value is -0.570. The molecule has 0 spiro atoms. The molecule has 3 heteroatoms. The lowest BCUT2D eigenvalue weighted by molar-refractivity contribution is -0.124. The molecule has 0 aromatic rings. The summed E-state index contributed by atoms with van der Waals surface area (Å²) in [5.74, 6) is 1.88. The summed E-state index contributed by atoms with van der Waals surface area (Å²) < 4.78 is 0. The van der Waals surface area contributed by atoms with Gasteiger partial charge in [-0.2, -0.15) is 0 Å². The summed E-state index contributed by atoms with van der Waals surface area (Å²) in [6.45, 7) is 5.48. The number of carbonyl (C=O) groups excluding carboxylic acids is 1. The molecule has 1 amide bonds. The number of rotatable bonds is 4. The molecule has 2 fully saturated rings. The summed E-state index contributed by atoms with van der Waals surface area (Å²) >= 11 is 0. The Kier molecular flexibility index (Phi) is 5.04. The van der Waals surface area contributed by atoms with Crippen LogP contribution in [0.3, 0.4) is 0 Å². The Morgan fingerprint density at radius 2 is 2.11 bits per heavy atom. The molecule has 3 atom stereocenters. The molecule has 0 radical (unpaired) electrons. The van der Waals surface area contributed by atoms with Crippen molar-refractivity contribution >= 4 is 5.91 Å². The number of nitrogens with one attached hydrogen (secondary N) is 2. The summed E-state index contributed by atoms with van der Waals surface area (Å²) in [6, 6.07) is 0.637. The average Bonchev–Trinajstić information content (AvgIpc) is 2.32. The van der Waals surface area contributed by atoms with E-state index < -0.39 is 0 Å². The quantitative estimate of drug-likeness (QED) is 0.807. The fourth-order valence-electron chi connectivity index (χ4n) is 3.54. The number of hydrogen-bond acceptors (Lipinski definition) is 2. The second-order valence-electron chi connectivity index (χ2n) is 6.51. The van der Waals surface area contributed by atoms with Crippen LogP contribution < -0.4 is 10.6 Å². The highest BCUT2D eigenvalue weighted by Crippen LogP contribution is 2.29. The van der Waals surface area contributed by atoms with E-state index in [1.165, 1.54) is 32.1 Å². The smallest absolute Gasteiger partial charge is 0.237 e. The monoisotopic (exact) mass is 252 g/mol. The maximum absolute atomic E-state index is 11.8. The SMILES string of the molecule is CC(C)CC1CCCC(NC2CCCNC2=O)C1. The molecular formula is C15H28N2O. The molecule has 2 aliphatic rings. The molecule has 1 saturated heterocycles. The molecule has 0 aromatic heterocycles. The van der Waals surface area contributed by atoms with Crippen LogP contribution in [0.15, 0.2) is 0 Å². The number of piperidine rings is 1. The van der Waals surface area contributed by atoms with Gasteiger partial charge in [0.1, 0.15) is 0 Å². The van der Waals surface area contributed by atoms with Crippen molar-refractivity contribution in [3.8, 4) is 0 Å². The van der Waals surface area contributed by atoms with Crippen LogP contribution in [0.5, 0.6) is 0 Å². The summed E-state index contributed by atoms with van der Waals surface area (Å²) in [4.78, 5) is 11.8. The Labute approximate surface area is 111 Å². The van der Waals surface area contributed by atoms with Gasteiger partial charge in [-0.1, -0.05) is 26.7 Å². The van der Waals surface area contributed by atoms with Crippen LogP contribution in [0, 0.1) is 11.8 Å². The van der Waals surface area contributed by atoms with Gasteiger partial charge in [-0.25, -0.2) is 0 Å². The zero-order valence-corrected chi connectivity index (χ0v) is 11.9. The highest BCUT2D eigenvalue weighted by molar-refractivity contribution is 5.82. The Balaban J connectivity index is 1.79. The molecule has 1 aliphatic carbocycles. The third kappa shape index (κ3) is 3.98.